The SMILES string of the molecule is CN1CCn2c(CNC(=O)c3ccsc3)nnc2C1=O. The van der Waals surface area contributed by atoms with E-state index in [9.17, 15) is 9.59 Å². The lowest BCUT2D eigenvalue weighted by Crippen LogP contribution is -2.38. The predicted octanol–water partition coefficient (Wildman–Crippen LogP) is 0.355. The summed E-state index contributed by atoms with van der Waals surface area (Å²) in [6.45, 7) is 1.53. The highest BCUT2D eigenvalue weighted by molar-refractivity contribution is 7.08. The molecule has 1 aliphatic heterocycles. The van der Waals surface area contributed by atoms with Crippen LogP contribution in [0.1, 0.15) is 26.8 Å². The molecule has 0 fully saturated rings. The van der Waals surface area contributed by atoms with Crippen LogP contribution in [0.3, 0.4) is 0 Å². The number of carbonyl (C=O) groups is 2. The highest BCUT2D eigenvalue weighted by atomic mass is 32.1. The number of hydrogen-bond acceptors (Lipinski definition) is 5. The third-order valence-corrected chi connectivity index (χ3v) is 3.90. The maximum Gasteiger partial charge on any atom is 0.291 e. The van der Waals surface area contributed by atoms with Gasteiger partial charge in [-0.2, -0.15) is 11.3 Å². The number of nitrogens with one attached hydrogen (secondary N) is 1. The fourth-order valence-electron chi connectivity index (χ4n) is 2.04. The molecule has 0 aromatic carbocycles. The Morgan fingerprint density at radius 1 is 1.45 bits per heavy atom. The normalized spacial score (nSPS) is 14.2. The van der Waals surface area contributed by atoms with Crippen molar-refractivity contribution < 1.29 is 9.59 Å². The van der Waals surface area contributed by atoms with Crippen molar-refractivity contribution >= 4 is 23.2 Å². The minimum atomic E-state index is -0.150. The first-order valence-electron chi connectivity index (χ1n) is 6.15. The van der Waals surface area contributed by atoms with Crippen molar-refractivity contribution in [2.24, 2.45) is 0 Å². The summed E-state index contributed by atoms with van der Waals surface area (Å²) in [6.07, 6.45) is 0. The van der Waals surface area contributed by atoms with E-state index in [4.69, 9.17) is 0 Å². The molecular formula is C12H13N5O2S. The van der Waals surface area contributed by atoms with Gasteiger partial charge in [0.25, 0.3) is 11.8 Å². The molecule has 7 nitrogen and oxygen atoms in total. The van der Waals surface area contributed by atoms with Gasteiger partial charge < -0.3 is 14.8 Å². The summed E-state index contributed by atoms with van der Waals surface area (Å²) in [5, 5.41) is 14.3. The zero-order valence-corrected chi connectivity index (χ0v) is 11.7. The molecule has 0 radical (unpaired) electrons. The number of nitrogens with zero attached hydrogens (tertiary/aromatic N) is 4. The molecular weight excluding hydrogens is 278 g/mol. The zero-order chi connectivity index (χ0) is 14.1. The first kappa shape index (κ1) is 12.8. The second-order valence-corrected chi connectivity index (χ2v) is 5.29. The lowest BCUT2D eigenvalue weighted by molar-refractivity contribution is 0.0740. The molecule has 1 aliphatic rings. The second kappa shape index (κ2) is 5.04. The Hall–Kier alpha value is -2.22. The van der Waals surface area contributed by atoms with Gasteiger partial charge in [-0.1, -0.05) is 0 Å². The maximum atomic E-state index is 11.9. The third kappa shape index (κ3) is 2.18. The van der Waals surface area contributed by atoms with Gasteiger partial charge in [-0.05, 0) is 11.4 Å². The van der Waals surface area contributed by atoms with E-state index in [0.29, 0.717) is 30.3 Å². The quantitative estimate of drug-likeness (QED) is 0.885. The minimum Gasteiger partial charge on any atom is -0.345 e. The molecule has 3 heterocycles. The van der Waals surface area contributed by atoms with Crippen LogP contribution in [-0.4, -0.2) is 45.1 Å². The molecule has 2 aromatic heterocycles. The Morgan fingerprint density at radius 2 is 2.30 bits per heavy atom. The highest BCUT2D eigenvalue weighted by Crippen LogP contribution is 2.11. The van der Waals surface area contributed by atoms with Crippen molar-refractivity contribution in [2.45, 2.75) is 13.1 Å². The molecule has 20 heavy (non-hydrogen) atoms. The van der Waals surface area contributed by atoms with Gasteiger partial charge in [0, 0.05) is 31.1 Å². The molecule has 0 spiro atoms. The van der Waals surface area contributed by atoms with Crippen LogP contribution in [0.2, 0.25) is 0 Å². The van der Waals surface area contributed by atoms with Crippen LogP contribution in [0.25, 0.3) is 0 Å². The average Bonchev–Trinajstić information content (AvgIpc) is 3.09. The largest absolute Gasteiger partial charge is 0.345 e. The molecule has 3 rings (SSSR count). The summed E-state index contributed by atoms with van der Waals surface area (Å²) < 4.78 is 1.76. The predicted molar refractivity (Wildman–Crippen MR) is 72.5 cm³/mol. The number of hydrogen-bond donors (Lipinski definition) is 1. The van der Waals surface area contributed by atoms with E-state index in [1.165, 1.54) is 11.3 Å². The van der Waals surface area contributed by atoms with Gasteiger partial charge in [-0.15, -0.1) is 10.2 Å². The number of likely N-dealkylation sites (N-methyl/N-ethyl adjacent to an activating group) is 1. The standard InChI is InChI=1S/C12H13N5O2S/c1-16-3-4-17-9(14-15-10(17)12(16)19)6-13-11(18)8-2-5-20-7-8/h2,5,7H,3-4,6H2,1H3,(H,13,18). The van der Waals surface area contributed by atoms with Gasteiger partial charge in [0.05, 0.1) is 6.54 Å². The van der Waals surface area contributed by atoms with Gasteiger partial charge in [-0.3, -0.25) is 9.59 Å². The maximum absolute atomic E-state index is 11.9. The van der Waals surface area contributed by atoms with Crippen LogP contribution in [0.15, 0.2) is 16.8 Å². The van der Waals surface area contributed by atoms with E-state index in [-0.39, 0.29) is 18.4 Å². The van der Waals surface area contributed by atoms with Crippen molar-refractivity contribution in [3.05, 3.63) is 34.0 Å². The first-order chi connectivity index (χ1) is 9.66. The molecule has 0 unspecified atom stereocenters. The van der Waals surface area contributed by atoms with Crippen LogP contribution in [0, 0.1) is 0 Å². The number of aromatic nitrogens is 3. The lowest BCUT2D eigenvalue weighted by Gasteiger charge is -2.23. The lowest BCUT2D eigenvalue weighted by atomic mass is 10.3. The monoisotopic (exact) mass is 291 g/mol. The molecule has 104 valence electrons. The van der Waals surface area contributed by atoms with Gasteiger partial charge in [0.15, 0.2) is 5.82 Å². The number of carbonyl (C=O) groups excluding carboxylic acids is 2. The van der Waals surface area contributed by atoms with Crippen LogP contribution >= 0.6 is 11.3 Å². The summed E-state index contributed by atoms with van der Waals surface area (Å²) >= 11 is 1.47. The highest BCUT2D eigenvalue weighted by Gasteiger charge is 2.26. The topological polar surface area (TPSA) is 80.1 Å². The molecule has 0 saturated carbocycles. The smallest absolute Gasteiger partial charge is 0.291 e. The number of amides is 2. The Kier molecular flexibility index (Phi) is 3.23. The number of rotatable bonds is 3. The molecule has 0 aliphatic carbocycles. The summed E-state index contributed by atoms with van der Waals surface area (Å²) in [6, 6.07) is 1.76. The number of thiophene rings is 1. The van der Waals surface area contributed by atoms with Crippen LogP contribution in [-0.2, 0) is 13.1 Å². The molecule has 2 aromatic rings. The van der Waals surface area contributed by atoms with Gasteiger partial charge in [-0.25, -0.2) is 0 Å². The van der Waals surface area contributed by atoms with E-state index in [2.05, 4.69) is 15.5 Å². The molecule has 0 saturated heterocycles. The molecule has 1 N–H and O–H groups in total. The van der Waals surface area contributed by atoms with Crippen molar-refractivity contribution in [1.82, 2.24) is 25.0 Å². The molecule has 0 bridgehead atoms. The van der Waals surface area contributed by atoms with Crippen molar-refractivity contribution in [3.8, 4) is 0 Å². The van der Waals surface area contributed by atoms with Crippen LogP contribution < -0.4 is 5.32 Å². The molecule has 2 amide bonds. The van der Waals surface area contributed by atoms with Crippen LogP contribution in [0.5, 0.6) is 0 Å². The molecule has 0 atom stereocenters. The van der Waals surface area contributed by atoms with Crippen molar-refractivity contribution in [3.63, 3.8) is 0 Å². The van der Waals surface area contributed by atoms with E-state index in [1.807, 2.05) is 5.38 Å². The zero-order valence-electron chi connectivity index (χ0n) is 10.9. The van der Waals surface area contributed by atoms with Crippen LogP contribution in [0.4, 0.5) is 0 Å². The third-order valence-electron chi connectivity index (χ3n) is 3.21. The summed E-state index contributed by atoms with van der Waals surface area (Å²) in [4.78, 5) is 25.3. The minimum absolute atomic E-state index is 0.140. The van der Waals surface area contributed by atoms with E-state index in [1.54, 1.807) is 28.0 Å². The van der Waals surface area contributed by atoms with Crippen molar-refractivity contribution in [2.75, 3.05) is 13.6 Å². The number of fused-ring (bicyclic) bond motifs is 1. The van der Waals surface area contributed by atoms with Gasteiger partial charge in [0.2, 0.25) is 5.82 Å². The van der Waals surface area contributed by atoms with Gasteiger partial charge in [0.1, 0.15) is 0 Å². The van der Waals surface area contributed by atoms with E-state index < -0.39 is 0 Å². The summed E-state index contributed by atoms with van der Waals surface area (Å²) in [5.41, 5.74) is 0.629. The second-order valence-electron chi connectivity index (χ2n) is 4.51. The Balaban J connectivity index is 1.72. The fraction of sp³-hybridized carbons (Fsp3) is 0.333. The Bertz CT molecular complexity index is 649. The van der Waals surface area contributed by atoms with E-state index in [0.717, 1.165) is 0 Å². The van der Waals surface area contributed by atoms with E-state index >= 15 is 0 Å². The Morgan fingerprint density at radius 3 is 3.05 bits per heavy atom. The average molecular weight is 291 g/mol. The fourth-order valence-corrected chi connectivity index (χ4v) is 2.67. The summed E-state index contributed by atoms with van der Waals surface area (Å²) in [5.74, 6) is 0.644. The Labute approximate surface area is 119 Å². The van der Waals surface area contributed by atoms with Gasteiger partial charge >= 0.3 is 0 Å². The first-order valence-corrected chi connectivity index (χ1v) is 7.09. The van der Waals surface area contributed by atoms with Crippen molar-refractivity contribution in [1.29, 1.82) is 0 Å². The molecule has 8 heteroatoms. The summed E-state index contributed by atoms with van der Waals surface area (Å²) in [7, 11) is 1.73.